The lowest BCUT2D eigenvalue weighted by Gasteiger charge is -2.26. The zero-order valence-electron chi connectivity index (χ0n) is 8.24. The van der Waals surface area contributed by atoms with Crippen molar-refractivity contribution in [2.24, 2.45) is 5.92 Å². The minimum Gasteiger partial charge on any atom is -0.325 e. The molecule has 1 aromatic carbocycles. The first-order valence-electron chi connectivity index (χ1n) is 4.65. The molecule has 0 aliphatic carbocycles. The molecular formula is C10H6F5NO. The third kappa shape index (κ3) is 1.96. The SMILES string of the molecule is O=C1Nc2ccc(F)c(F)c2CC1C(F)(F)F. The lowest BCUT2D eigenvalue weighted by atomic mass is 9.92. The third-order valence-electron chi connectivity index (χ3n) is 2.57. The number of fused-ring (bicyclic) bond motifs is 1. The van der Waals surface area contributed by atoms with Crippen molar-refractivity contribution in [3.63, 3.8) is 0 Å². The first-order chi connectivity index (χ1) is 7.80. The largest absolute Gasteiger partial charge is 0.400 e. The van der Waals surface area contributed by atoms with Gasteiger partial charge in [0.05, 0.1) is 0 Å². The molecule has 92 valence electrons. The minimum atomic E-state index is -4.78. The molecule has 0 saturated carbocycles. The predicted molar refractivity (Wildman–Crippen MR) is 48.2 cm³/mol. The maximum atomic E-state index is 13.3. The van der Waals surface area contributed by atoms with E-state index in [9.17, 15) is 26.7 Å². The Labute approximate surface area is 92.4 Å². The summed E-state index contributed by atoms with van der Waals surface area (Å²) in [6.07, 6.45) is -5.66. The maximum absolute atomic E-state index is 13.3. The summed E-state index contributed by atoms with van der Waals surface area (Å²) in [4.78, 5) is 11.2. The molecule has 2 rings (SSSR count). The van der Waals surface area contributed by atoms with Gasteiger partial charge >= 0.3 is 6.18 Å². The quantitative estimate of drug-likeness (QED) is 0.705. The summed E-state index contributed by atoms with van der Waals surface area (Å²) in [7, 11) is 0. The Kier molecular flexibility index (Phi) is 2.56. The Hall–Kier alpha value is -1.66. The molecule has 0 saturated heterocycles. The summed E-state index contributed by atoms with van der Waals surface area (Å²) in [5.74, 6) is -6.18. The van der Waals surface area contributed by atoms with E-state index in [0.717, 1.165) is 12.1 Å². The van der Waals surface area contributed by atoms with Gasteiger partial charge in [-0.3, -0.25) is 4.79 Å². The number of halogens is 5. The molecule has 1 unspecified atom stereocenters. The molecule has 1 N–H and O–H groups in total. The molecule has 1 heterocycles. The molecule has 1 atom stereocenters. The van der Waals surface area contributed by atoms with Crippen LogP contribution in [0.25, 0.3) is 0 Å². The minimum absolute atomic E-state index is 0.116. The molecule has 2 nitrogen and oxygen atoms in total. The second-order valence-electron chi connectivity index (χ2n) is 3.68. The molecule has 1 amide bonds. The van der Waals surface area contributed by atoms with E-state index in [1.165, 1.54) is 0 Å². The molecule has 0 fully saturated rings. The number of carbonyl (C=O) groups excluding carboxylic acids is 1. The van der Waals surface area contributed by atoms with E-state index in [4.69, 9.17) is 0 Å². The molecule has 0 radical (unpaired) electrons. The van der Waals surface area contributed by atoms with E-state index in [2.05, 4.69) is 0 Å². The van der Waals surface area contributed by atoms with Gasteiger partial charge in [0.1, 0.15) is 5.92 Å². The Morgan fingerprint density at radius 2 is 1.88 bits per heavy atom. The van der Waals surface area contributed by atoms with Gasteiger partial charge in [0.2, 0.25) is 5.91 Å². The van der Waals surface area contributed by atoms with E-state index in [-0.39, 0.29) is 5.69 Å². The van der Waals surface area contributed by atoms with Crippen LogP contribution in [0.4, 0.5) is 27.6 Å². The molecule has 1 aromatic rings. The van der Waals surface area contributed by atoms with Crippen LogP contribution in [0.15, 0.2) is 12.1 Å². The summed E-state index contributed by atoms with van der Waals surface area (Å²) >= 11 is 0. The Morgan fingerprint density at radius 3 is 2.47 bits per heavy atom. The van der Waals surface area contributed by atoms with Crippen molar-refractivity contribution >= 4 is 11.6 Å². The number of anilines is 1. The maximum Gasteiger partial charge on any atom is 0.400 e. The number of hydrogen-bond donors (Lipinski definition) is 1. The fraction of sp³-hybridized carbons (Fsp3) is 0.300. The van der Waals surface area contributed by atoms with Crippen molar-refractivity contribution in [3.05, 3.63) is 29.3 Å². The van der Waals surface area contributed by atoms with Crippen LogP contribution >= 0.6 is 0 Å². The molecule has 7 heteroatoms. The zero-order valence-corrected chi connectivity index (χ0v) is 8.24. The average molecular weight is 251 g/mol. The first kappa shape index (κ1) is 11.8. The molecule has 17 heavy (non-hydrogen) atoms. The Bertz CT molecular complexity index is 482. The zero-order chi connectivity index (χ0) is 12.8. The van der Waals surface area contributed by atoms with Crippen LogP contribution in [-0.4, -0.2) is 12.1 Å². The molecular weight excluding hydrogens is 245 g/mol. The number of amides is 1. The van der Waals surface area contributed by atoms with E-state index in [0.29, 0.717) is 0 Å². The second kappa shape index (κ2) is 3.68. The predicted octanol–water partition coefficient (Wildman–Crippen LogP) is 2.64. The molecule has 0 bridgehead atoms. The summed E-state index contributed by atoms with van der Waals surface area (Å²) in [5, 5.41) is 1.92. The van der Waals surface area contributed by atoms with Gasteiger partial charge in [-0.05, 0) is 18.6 Å². The van der Waals surface area contributed by atoms with Gasteiger partial charge in [-0.25, -0.2) is 8.78 Å². The van der Waals surface area contributed by atoms with Crippen molar-refractivity contribution in [2.75, 3.05) is 5.32 Å². The lowest BCUT2D eigenvalue weighted by Crippen LogP contribution is -2.40. The van der Waals surface area contributed by atoms with Crippen molar-refractivity contribution in [1.82, 2.24) is 0 Å². The summed E-state index contributed by atoms with van der Waals surface area (Å²) in [6, 6.07) is 1.79. The summed E-state index contributed by atoms with van der Waals surface area (Å²) < 4.78 is 63.5. The van der Waals surface area contributed by atoms with Crippen LogP contribution in [0.3, 0.4) is 0 Å². The van der Waals surface area contributed by atoms with Crippen molar-refractivity contribution in [2.45, 2.75) is 12.6 Å². The monoisotopic (exact) mass is 251 g/mol. The van der Waals surface area contributed by atoms with E-state index < -0.39 is 41.6 Å². The van der Waals surface area contributed by atoms with Gasteiger partial charge < -0.3 is 5.32 Å². The number of benzene rings is 1. The number of nitrogens with one attached hydrogen (secondary N) is 1. The van der Waals surface area contributed by atoms with Crippen LogP contribution in [0.5, 0.6) is 0 Å². The second-order valence-corrected chi connectivity index (χ2v) is 3.68. The van der Waals surface area contributed by atoms with Gasteiger partial charge in [-0.2, -0.15) is 13.2 Å². The van der Waals surface area contributed by atoms with Gasteiger partial charge in [0.15, 0.2) is 11.6 Å². The number of rotatable bonds is 0. The lowest BCUT2D eigenvalue weighted by molar-refractivity contribution is -0.180. The van der Waals surface area contributed by atoms with E-state index in [1.807, 2.05) is 5.32 Å². The highest BCUT2D eigenvalue weighted by Gasteiger charge is 2.47. The van der Waals surface area contributed by atoms with Gasteiger partial charge in [-0.1, -0.05) is 0 Å². The smallest absolute Gasteiger partial charge is 0.325 e. The van der Waals surface area contributed by atoms with Crippen molar-refractivity contribution in [3.8, 4) is 0 Å². The fourth-order valence-corrected chi connectivity index (χ4v) is 1.69. The van der Waals surface area contributed by atoms with E-state index >= 15 is 0 Å². The molecule has 0 aromatic heterocycles. The highest BCUT2D eigenvalue weighted by molar-refractivity contribution is 5.96. The van der Waals surface area contributed by atoms with Crippen LogP contribution in [0, 0.1) is 17.6 Å². The standard InChI is InChI=1S/C10H6F5NO/c11-6-1-2-7-4(8(6)12)3-5(9(17)16-7)10(13,14)15/h1-2,5H,3H2,(H,16,17). The number of carbonyl (C=O) groups is 1. The number of alkyl halides is 3. The van der Waals surface area contributed by atoms with Crippen LogP contribution in [-0.2, 0) is 11.2 Å². The topological polar surface area (TPSA) is 29.1 Å². The first-order valence-corrected chi connectivity index (χ1v) is 4.65. The van der Waals surface area contributed by atoms with Gasteiger partial charge in [0.25, 0.3) is 0 Å². The Balaban J connectivity index is 2.46. The fourth-order valence-electron chi connectivity index (χ4n) is 1.69. The normalized spacial score (nSPS) is 19.8. The van der Waals surface area contributed by atoms with Crippen LogP contribution < -0.4 is 5.32 Å². The summed E-state index contributed by atoms with van der Waals surface area (Å²) in [6.45, 7) is 0. The van der Waals surface area contributed by atoms with Crippen LogP contribution in [0.2, 0.25) is 0 Å². The van der Waals surface area contributed by atoms with Crippen LogP contribution in [0.1, 0.15) is 5.56 Å². The van der Waals surface area contributed by atoms with Crippen molar-refractivity contribution in [1.29, 1.82) is 0 Å². The highest BCUT2D eigenvalue weighted by atomic mass is 19.4. The van der Waals surface area contributed by atoms with Gasteiger partial charge in [0, 0.05) is 11.3 Å². The van der Waals surface area contributed by atoms with Crippen molar-refractivity contribution < 1.29 is 26.7 Å². The summed E-state index contributed by atoms with van der Waals surface area (Å²) in [5.41, 5.74) is -0.568. The molecule has 0 spiro atoms. The third-order valence-corrected chi connectivity index (χ3v) is 2.57. The van der Waals surface area contributed by atoms with Gasteiger partial charge in [-0.15, -0.1) is 0 Å². The van der Waals surface area contributed by atoms with E-state index in [1.54, 1.807) is 0 Å². The molecule has 1 aliphatic heterocycles. The highest BCUT2D eigenvalue weighted by Crippen LogP contribution is 2.37. The number of hydrogen-bond acceptors (Lipinski definition) is 1. The Morgan fingerprint density at radius 1 is 1.24 bits per heavy atom. The molecule has 1 aliphatic rings. The average Bonchev–Trinajstić information content (AvgIpc) is 2.21.